The highest BCUT2D eigenvalue weighted by molar-refractivity contribution is 5.85. The van der Waals surface area contributed by atoms with E-state index in [1.54, 1.807) is 0 Å². The quantitative estimate of drug-likeness (QED) is 0.797. The molecular weight excluding hydrogens is 264 g/mol. The molecule has 0 spiro atoms. The lowest BCUT2D eigenvalue weighted by atomic mass is 10.2. The van der Waals surface area contributed by atoms with E-state index in [1.165, 1.54) is 12.8 Å². The molecule has 1 aromatic rings. The molecule has 0 saturated heterocycles. The number of ether oxygens (including phenoxy) is 1. The molecule has 0 heterocycles. The third-order valence-corrected chi connectivity index (χ3v) is 3.11. The second-order valence-corrected chi connectivity index (χ2v) is 4.78. The molecule has 1 aliphatic rings. The van der Waals surface area contributed by atoms with Gasteiger partial charge in [0.2, 0.25) is 5.91 Å². The monoisotopic (exact) mass is 284 g/mol. The first-order chi connectivity index (χ1) is 8.75. The van der Waals surface area contributed by atoms with E-state index in [0.29, 0.717) is 19.1 Å². The molecule has 0 bridgehead atoms. The largest absolute Gasteiger partial charge is 0.367 e. The number of rotatable bonds is 7. The molecule has 1 saturated carbocycles. The zero-order chi connectivity index (χ0) is 12.8. The molecule has 1 atom stereocenters. The van der Waals surface area contributed by atoms with Gasteiger partial charge < -0.3 is 15.8 Å². The summed E-state index contributed by atoms with van der Waals surface area (Å²) in [7, 11) is 0. The normalized spacial score (nSPS) is 15.4. The van der Waals surface area contributed by atoms with E-state index in [1.807, 2.05) is 30.3 Å². The first kappa shape index (κ1) is 16.0. The number of hydrogen-bond acceptors (Lipinski definition) is 3. The Hall–Kier alpha value is -1.10. The summed E-state index contributed by atoms with van der Waals surface area (Å²) in [5.41, 5.74) is 6.96. The van der Waals surface area contributed by atoms with Crippen LogP contribution >= 0.6 is 12.4 Å². The van der Waals surface area contributed by atoms with Crippen LogP contribution in [0.4, 0.5) is 0 Å². The third kappa shape index (κ3) is 6.05. The smallest absolute Gasteiger partial charge is 0.246 e. The summed E-state index contributed by atoms with van der Waals surface area (Å²) in [4.78, 5) is 11.5. The lowest BCUT2D eigenvalue weighted by Gasteiger charge is -2.11. The maximum Gasteiger partial charge on any atom is 0.246 e. The minimum atomic E-state index is -0.0953. The number of amides is 1. The van der Waals surface area contributed by atoms with Gasteiger partial charge in [0.15, 0.2) is 0 Å². The van der Waals surface area contributed by atoms with Crippen molar-refractivity contribution in [2.45, 2.75) is 25.5 Å². The van der Waals surface area contributed by atoms with Gasteiger partial charge in [0, 0.05) is 12.6 Å². The van der Waals surface area contributed by atoms with Crippen molar-refractivity contribution >= 4 is 18.3 Å². The lowest BCUT2D eigenvalue weighted by Crippen LogP contribution is -2.39. The van der Waals surface area contributed by atoms with E-state index in [4.69, 9.17) is 10.5 Å². The van der Waals surface area contributed by atoms with Crippen molar-refractivity contribution in [3.05, 3.63) is 35.9 Å². The third-order valence-electron chi connectivity index (χ3n) is 3.11. The Labute approximate surface area is 120 Å². The Kier molecular flexibility index (Phi) is 6.84. The van der Waals surface area contributed by atoms with Crippen LogP contribution in [-0.2, 0) is 16.1 Å². The molecule has 2 rings (SSSR count). The molecule has 4 nitrogen and oxygen atoms in total. The fourth-order valence-electron chi connectivity index (χ4n) is 1.81. The van der Waals surface area contributed by atoms with Crippen molar-refractivity contribution in [2.24, 2.45) is 11.7 Å². The summed E-state index contributed by atoms with van der Waals surface area (Å²) in [6, 6.07) is 9.90. The Balaban J connectivity index is 0.00000180. The first-order valence-corrected chi connectivity index (χ1v) is 6.39. The average molecular weight is 285 g/mol. The van der Waals surface area contributed by atoms with Crippen molar-refractivity contribution < 1.29 is 9.53 Å². The van der Waals surface area contributed by atoms with Crippen LogP contribution < -0.4 is 11.1 Å². The van der Waals surface area contributed by atoms with Crippen molar-refractivity contribution in [2.75, 3.05) is 13.2 Å². The number of hydrogen-bond donors (Lipinski definition) is 2. The molecule has 1 aromatic carbocycles. The highest BCUT2D eigenvalue weighted by Crippen LogP contribution is 2.31. The molecule has 0 radical (unpaired) electrons. The van der Waals surface area contributed by atoms with Crippen LogP contribution in [0.3, 0.4) is 0 Å². The molecule has 19 heavy (non-hydrogen) atoms. The van der Waals surface area contributed by atoms with Gasteiger partial charge in [-0.2, -0.15) is 0 Å². The number of carbonyl (C=O) groups excluding carboxylic acids is 1. The van der Waals surface area contributed by atoms with Crippen LogP contribution in [0, 0.1) is 5.92 Å². The summed E-state index contributed by atoms with van der Waals surface area (Å²) in [6.07, 6.45) is 2.39. The number of nitrogens with one attached hydrogen (secondary N) is 1. The Morgan fingerprint density at radius 3 is 2.68 bits per heavy atom. The first-order valence-electron chi connectivity index (χ1n) is 6.39. The standard InChI is InChI=1S/C14H20N2O2.ClH/c15-13(12-6-7-12)8-16-14(17)10-18-9-11-4-2-1-3-5-11;/h1-5,12-13H,6-10,15H2,(H,16,17);1H. The minimum absolute atomic E-state index is 0. The van der Waals surface area contributed by atoms with Crippen molar-refractivity contribution in [1.29, 1.82) is 0 Å². The van der Waals surface area contributed by atoms with E-state index in [2.05, 4.69) is 5.32 Å². The fourth-order valence-corrected chi connectivity index (χ4v) is 1.81. The van der Waals surface area contributed by atoms with E-state index < -0.39 is 0 Å². The predicted octanol–water partition coefficient (Wildman–Crippen LogP) is 1.48. The number of nitrogens with two attached hydrogens (primary N) is 1. The summed E-state index contributed by atoms with van der Waals surface area (Å²) >= 11 is 0. The minimum Gasteiger partial charge on any atom is -0.367 e. The maximum absolute atomic E-state index is 11.5. The molecule has 0 aliphatic heterocycles. The second kappa shape index (κ2) is 8.15. The Bertz CT molecular complexity index is 382. The summed E-state index contributed by atoms with van der Waals surface area (Å²) < 4.78 is 5.34. The van der Waals surface area contributed by atoms with Crippen LogP contribution in [0.1, 0.15) is 18.4 Å². The van der Waals surface area contributed by atoms with Gasteiger partial charge in [-0.3, -0.25) is 4.79 Å². The highest BCUT2D eigenvalue weighted by atomic mass is 35.5. The molecule has 106 valence electrons. The second-order valence-electron chi connectivity index (χ2n) is 4.78. The van der Waals surface area contributed by atoms with Crippen LogP contribution in [0.15, 0.2) is 30.3 Å². The van der Waals surface area contributed by atoms with Gasteiger partial charge in [-0.25, -0.2) is 0 Å². The van der Waals surface area contributed by atoms with Crippen molar-refractivity contribution in [3.63, 3.8) is 0 Å². The van der Waals surface area contributed by atoms with Gasteiger partial charge in [-0.15, -0.1) is 12.4 Å². The van der Waals surface area contributed by atoms with Gasteiger partial charge in [0.1, 0.15) is 6.61 Å². The molecule has 5 heteroatoms. The molecular formula is C14H21ClN2O2. The zero-order valence-electron chi connectivity index (χ0n) is 10.9. The van der Waals surface area contributed by atoms with E-state index in [9.17, 15) is 4.79 Å². The van der Waals surface area contributed by atoms with Crippen LogP contribution in [0.2, 0.25) is 0 Å². The number of halogens is 1. The van der Waals surface area contributed by atoms with E-state index in [-0.39, 0.29) is 31.0 Å². The summed E-state index contributed by atoms with van der Waals surface area (Å²) in [5.74, 6) is 0.512. The van der Waals surface area contributed by atoms with E-state index >= 15 is 0 Å². The molecule has 1 aliphatic carbocycles. The molecule has 1 unspecified atom stereocenters. The average Bonchev–Trinajstić information content (AvgIpc) is 3.21. The summed E-state index contributed by atoms with van der Waals surface area (Å²) in [6.45, 7) is 1.10. The number of benzene rings is 1. The van der Waals surface area contributed by atoms with Crippen LogP contribution in [-0.4, -0.2) is 25.1 Å². The molecule has 1 fully saturated rings. The highest BCUT2D eigenvalue weighted by Gasteiger charge is 2.28. The van der Waals surface area contributed by atoms with Crippen molar-refractivity contribution in [1.82, 2.24) is 5.32 Å². The maximum atomic E-state index is 11.5. The van der Waals surface area contributed by atoms with Gasteiger partial charge in [0.05, 0.1) is 6.61 Å². The Morgan fingerprint density at radius 2 is 2.05 bits per heavy atom. The van der Waals surface area contributed by atoms with Crippen molar-refractivity contribution in [3.8, 4) is 0 Å². The summed E-state index contributed by atoms with van der Waals surface area (Å²) in [5, 5.41) is 2.80. The predicted molar refractivity (Wildman–Crippen MR) is 77.1 cm³/mol. The van der Waals surface area contributed by atoms with Gasteiger partial charge in [0.25, 0.3) is 0 Å². The lowest BCUT2D eigenvalue weighted by molar-refractivity contribution is -0.126. The van der Waals surface area contributed by atoms with Crippen LogP contribution in [0.5, 0.6) is 0 Å². The van der Waals surface area contributed by atoms with Gasteiger partial charge >= 0.3 is 0 Å². The van der Waals surface area contributed by atoms with Crippen LogP contribution in [0.25, 0.3) is 0 Å². The SMILES string of the molecule is Cl.NC(CNC(=O)COCc1ccccc1)C1CC1. The number of carbonyl (C=O) groups is 1. The van der Waals surface area contributed by atoms with E-state index in [0.717, 1.165) is 5.56 Å². The van der Waals surface area contributed by atoms with Gasteiger partial charge in [-0.05, 0) is 24.3 Å². The van der Waals surface area contributed by atoms with Gasteiger partial charge in [-0.1, -0.05) is 30.3 Å². The molecule has 0 aromatic heterocycles. The molecule has 3 N–H and O–H groups in total. The molecule has 1 amide bonds. The fraction of sp³-hybridized carbons (Fsp3) is 0.500. The topological polar surface area (TPSA) is 64.3 Å². The zero-order valence-corrected chi connectivity index (χ0v) is 11.7. The Morgan fingerprint density at radius 1 is 1.37 bits per heavy atom.